The zero-order valence-corrected chi connectivity index (χ0v) is 16.3. The molecular formula is C23H26FNO4. The van der Waals surface area contributed by atoms with Crippen molar-refractivity contribution in [3.05, 3.63) is 72.0 Å². The van der Waals surface area contributed by atoms with E-state index in [-0.39, 0.29) is 24.4 Å². The van der Waals surface area contributed by atoms with Crippen molar-refractivity contribution in [2.75, 3.05) is 19.8 Å². The van der Waals surface area contributed by atoms with E-state index in [0.29, 0.717) is 12.3 Å². The molecule has 0 spiro atoms. The lowest BCUT2D eigenvalue weighted by Crippen LogP contribution is -2.34. The zero-order chi connectivity index (χ0) is 20.5. The van der Waals surface area contributed by atoms with E-state index < -0.39 is 6.09 Å². The van der Waals surface area contributed by atoms with Crippen molar-refractivity contribution in [1.82, 2.24) is 4.90 Å². The third kappa shape index (κ3) is 6.12. The van der Waals surface area contributed by atoms with Crippen molar-refractivity contribution in [2.45, 2.75) is 31.7 Å². The van der Waals surface area contributed by atoms with Crippen molar-refractivity contribution in [1.29, 1.82) is 0 Å². The first-order valence-electron chi connectivity index (χ1n) is 9.97. The molecule has 2 fully saturated rings. The van der Waals surface area contributed by atoms with Crippen molar-refractivity contribution in [3.63, 3.8) is 0 Å². The molecule has 2 amide bonds. The molecule has 29 heavy (non-hydrogen) atoms. The van der Waals surface area contributed by atoms with Crippen LogP contribution in [0.25, 0.3) is 0 Å². The molecule has 0 saturated carbocycles. The average molecular weight is 399 g/mol. The van der Waals surface area contributed by atoms with Gasteiger partial charge in [0.2, 0.25) is 5.91 Å². The highest BCUT2D eigenvalue weighted by molar-refractivity contribution is 5.93. The van der Waals surface area contributed by atoms with E-state index >= 15 is 0 Å². The van der Waals surface area contributed by atoms with E-state index in [1.54, 1.807) is 18.2 Å². The number of ether oxygens (including phenoxy) is 2. The number of cyclic esters (lactones) is 1. The Hall–Kier alpha value is -2.73. The van der Waals surface area contributed by atoms with Crippen molar-refractivity contribution in [3.8, 4) is 0 Å². The van der Waals surface area contributed by atoms with Gasteiger partial charge in [0, 0.05) is 19.6 Å². The molecule has 0 bridgehead atoms. The van der Waals surface area contributed by atoms with Gasteiger partial charge in [-0.15, -0.1) is 0 Å². The molecule has 0 aromatic heterocycles. The minimum atomic E-state index is -0.522. The molecule has 2 heterocycles. The van der Waals surface area contributed by atoms with E-state index in [2.05, 4.69) is 0 Å². The first kappa shape index (κ1) is 21.0. The van der Waals surface area contributed by atoms with Gasteiger partial charge in [-0.3, -0.25) is 4.79 Å². The Morgan fingerprint density at radius 3 is 2.21 bits per heavy atom. The van der Waals surface area contributed by atoms with Crippen LogP contribution in [0.5, 0.6) is 0 Å². The Bertz CT molecular complexity index is 778. The fourth-order valence-corrected chi connectivity index (χ4v) is 3.52. The standard InChI is InChI=1S/C17H21NO4.C6H5F/c19-16(7-6-13-8-10-21-11-9-13)18-15(12-22-17(18)20)14-4-2-1-3-5-14;7-6-4-2-1-3-5-6/h1-5,13,15H,6-12H2;1-5H. The Kier molecular flexibility index (Phi) is 7.76. The van der Waals surface area contributed by atoms with Gasteiger partial charge in [-0.1, -0.05) is 48.5 Å². The fourth-order valence-electron chi connectivity index (χ4n) is 3.52. The summed E-state index contributed by atoms with van der Waals surface area (Å²) >= 11 is 0. The third-order valence-corrected chi connectivity index (χ3v) is 5.17. The summed E-state index contributed by atoms with van der Waals surface area (Å²) in [7, 11) is 0. The Balaban J connectivity index is 0.000000290. The van der Waals surface area contributed by atoms with Gasteiger partial charge in [-0.05, 0) is 42.9 Å². The number of benzene rings is 2. The first-order valence-corrected chi connectivity index (χ1v) is 9.97. The highest BCUT2D eigenvalue weighted by Crippen LogP contribution is 2.29. The summed E-state index contributed by atoms with van der Waals surface area (Å²) < 4.78 is 22.3. The van der Waals surface area contributed by atoms with Crippen molar-refractivity contribution < 1.29 is 23.5 Å². The van der Waals surface area contributed by atoms with Crippen LogP contribution in [-0.2, 0) is 14.3 Å². The smallest absolute Gasteiger partial charge is 0.417 e. The maximum atomic E-state index is 12.5. The second-order valence-electron chi connectivity index (χ2n) is 7.16. The molecule has 5 nitrogen and oxygen atoms in total. The third-order valence-electron chi connectivity index (χ3n) is 5.17. The minimum Gasteiger partial charge on any atom is -0.446 e. The largest absolute Gasteiger partial charge is 0.446 e. The number of hydrogen-bond acceptors (Lipinski definition) is 4. The van der Waals surface area contributed by atoms with E-state index in [0.717, 1.165) is 38.0 Å². The summed E-state index contributed by atoms with van der Waals surface area (Å²) in [5.74, 6) is 0.205. The molecular weight excluding hydrogens is 373 g/mol. The van der Waals surface area contributed by atoms with Crippen LogP contribution in [0.1, 0.15) is 37.3 Å². The van der Waals surface area contributed by atoms with Crippen LogP contribution in [0.3, 0.4) is 0 Å². The molecule has 2 aliphatic rings. The topological polar surface area (TPSA) is 55.8 Å². The van der Waals surface area contributed by atoms with E-state index in [4.69, 9.17) is 9.47 Å². The molecule has 0 N–H and O–H groups in total. The number of hydrogen-bond donors (Lipinski definition) is 0. The molecule has 2 aliphatic heterocycles. The quantitative estimate of drug-likeness (QED) is 0.745. The van der Waals surface area contributed by atoms with Crippen LogP contribution in [0.4, 0.5) is 9.18 Å². The molecule has 0 aliphatic carbocycles. The number of rotatable bonds is 4. The van der Waals surface area contributed by atoms with E-state index in [1.165, 1.54) is 17.0 Å². The number of nitrogens with zero attached hydrogens (tertiary/aromatic N) is 1. The molecule has 154 valence electrons. The monoisotopic (exact) mass is 399 g/mol. The van der Waals surface area contributed by atoms with Gasteiger partial charge in [0.25, 0.3) is 0 Å². The number of halogens is 1. The predicted octanol–water partition coefficient (Wildman–Crippen LogP) is 4.74. The SMILES string of the molecule is Fc1ccccc1.O=C(CCC1CCOCC1)N1C(=O)OCC1c1ccccc1. The maximum absolute atomic E-state index is 12.5. The van der Waals surface area contributed by atoms with E-state index in [9.17, 15) is 14.0 Å². The second kappa shape index (κ2) is 10.7. The summed E-state index contributed by atoms with van der Waals surface area (Å²) in [4.78, 5) is 25.7. The first-order chi connectivity index (χ1) is 14.1. The van der Waals surface area contributed by atoms with Crippen LogP contribution in [0.2, 0.25) is 0 Å². The summed E-state index contributed by atoms with van der Waals surface area (Å²) in [6.45, 7) is 1.79. The lowest BCUT2D eigenvalue weighted by molar-refractivity contribution is -0.129. The highest BCUT2D eigenvalue weighted by atomic mass is 19.1. The number of carbonyl (C=O) groups is 2. The lowest BCUT2D eigenvalue weighted by Gasteiger charge is -2.24. The molecule has 2 aromatic rings. The lowest BCUT2D eigenvalue weighted by atomic mass is 9.94. The normalized spacial score (nSPS) is 19.3. The van der Waals surface area contributed by atoms with Crippen LogP contribution in [-0.4, -0.2) is 36.7 Å². The van der Waals surface area contributed by atoms with Crippen LogP contribution in [0.15, 0.2) is 60.7 Å². The molecule has 6 heteroatoms. The Morgan fingerprint density at radius 1 is 1.00 bits per heavy atom. The van der Waals surface area contributed by atoms with Gasteiger partial charge in [-0.2, -0.15) is 0 Å². The van der Waals surface area contributed by atoms with Gasteiger partial charge in [-0.25, -0.2) is 14.1 Å². The summed E-state index contributed by atoms with van der Waals surface area (Å²) in [6.07, 6.45) is 2.68. The molecule has 0 radical (unpaired) electrons. The van der Waals surface area contributed by atoms with Crippen molar-refractivity contribution in [2.24, 2.45) is 5.92 Å². The van der Waals surface area contributed by atoms with Gasteiger partial charge in [0.1, 0.15) is 18.5 Å². The summed E-state index contributed by atoms with van der Waals surface area (Å²) in [6, 6.07) is 17.2. The Labute approximate surface area is 170 Å². The van der Waals surface area contributed by atoms with Gasteiger partial charge in [0.05, 0.1) is 0 Å². The highest BCUT2D eigenvalue weighted by Gasteiger charge is 2.38. The van der Waals surface area contributed by atoms with Gasteiger partial charge >= 0.3 is 6.09 Å². The maximum Gasteiger partial charge on any atom is 0.417 e. The molecule has 2 aromatic carbocycles. The van der Waals surface area contributed by atoms with Crippen LogP contribution in [0, 0.1) is 11.7 Å². The Morgan fingerprint density at radius 2 is 1.62 bits per heavy atom. The van der Waals surface area contributed by atoms with Crippen LogP contribution >= 0.6 is 0 Å². The number of amides is 2. The zero-order valence-electron chi connectivity index (χ0n) is 16.3. The average Bonchev–Trinajstić information content (AvgIpc) is 3.16. The molecule has 1 unspecified atom stereocenters. The summed E-state index contributed by atoms with van der Waals surface area (Å²) in [5.41, 5.74) is 0.938. The van der Waals surface area contributed by atoms with Crippen LogP contribution < -0.4 is 0 Å². The van der Waals surface area contributed by atoms with Gasteiger partial charge < -0.3 is 9.47 Å². The fraction of sp³-hybridized carbons (Fsp3) is 0.391. The van der Waals surface area contributed by atoms with Crippen molar-refractivity contribution >= 4 is 12.0 Å². The number of carbonyl (C=O) groups excluding carboxylic acids is 2. The predicted molar refractivity (Wildman–Crippen MR) is 107 cm³/mol. The molecule has 4 rings (SSSR count). The number of imide groups is 1. The molecule has 2 saturated heterocycles. The summed E-state index contributed by atoms with van der Waals surface area (Å²) in [5, 5.41) is 0. The molecule has 1 atom stereocenters. The minimum absolute atomic E-state index is 0.136. The van der Waals surface area contributed by atoms with Gasteiger partial charge in [0.15, 0.2) is 0 Å². The second-order valence-corrected chi connectivity index (χ2v) is 7.16. The van der Waals surface area contributed by atoms with E-state index in [1.807, 2.05) is 30.3 Å².